The number of halogens is 1. The van der Waals surface area contributed by atoms with Gasteiger partial charge in [0.05, 0.1) is 16.4 Å². The third-order valence-corrected chi connectivity index (χ3v) is 3.99. The number of nitrogens with one attached hydrogen (secondary N) is 1. The highest BCUT2D eigenvalue weighted by molar-refractivity contribution is 8.00. The average Bonchev–Trinajstić information content (AvgIpc) is 2.31. The lowest BCUT2D eigenvalue weighted by Gasteiger charge is -2.13. The van der Waals surface area contributed by atoms with Crippen LogP contribution in [0.1, 0.15) is 20.3 Å². The predicted molar refractivity (Wildman–Crippen MR) is 76.1 cm³/mol. The Labute approximate surface area is 117 Å². The minimum absolute atomic E-state index is 0.0411. The fourth-order valence-corrected chi connectivity index (χ4v) is 2.51. The van der Waals surface area contributed by atoms with Crippen molar-refractivity contribution in [2.75, 3.05) is 6.54 Å². The molecule has 2 N–H and O–H groups in total. The number of hydrogen-bond donors (Lipinski definition) is 2. The van der Waals surface area contributed by atoms with Crippen molar-refractivity contribution in [1.29, 1.82) is 0 Å². The molecule has 0 aliphatic rings. The van der Waals surface area contributed by atoms with E-state index in [9.17, 15) is 4.79 Å². The number of thioether (sulfide) groups is 1. The fourth-order valence-electron chi connectivity index (χ4n) is 1.33. The lowest BCUT2D eigenvalue weighted by atomic mass is 10.3. The summed E-state index contributed by atoms with van der Waals surface area (Å²) in [7, 11) is 0. The zero-order valence-electron chi connectivity index (χ0n) is 10.5. The van der Waals surface area contributed by atoms with Gasteiger partial charge in [0, 0.05) is 11.4 Å². The summed E-state index contributed by atoms with van der Waals surface area (Å²) in [5.74, 6) is -0.0411. The van der Waals surface area contributed by atoms with Crippen molar-refractivity contribution in [2.24, 2.45) is 0 Å². The molecule has 0 aliphatic carbocycles. The standard InChI is InChI=1S/C13H18ClNO2S/c1-9(16)7-8-15-13(17)10(2)18-12-6-4-3-5-11(12)14/h3-6,9-10,16H,7-8H2,1-2H3,(H,15,17). The third kappa shape index (κ3) is 5.29. The Morgan fingerprint density at radius 1 is 1.44 bits per heavy atom. The Balaban J connectivity index is 2.43. The van der Waals surface area contributed by atoms with Gasteiger partial charge in [-0.1, -0.05) is 23.7 Å². The van der Waals surface area contributed by atoms with E-state index >= 15 is 0 Å². The molecule has 0 aromatic heterocycles. The van der Waals surface area contributed by atoms with Gasteiger partial charge in [-0.25, -0.2) is 0 Å². The smallest absolute Gasteiger partial charge is 0.233 e. The van der Waals surface area contributed by atoms with Crippen LogP contribution in [0.2, 0.25) is 5.02 Å². The monoisotopic (exact) mass is 287 g/mol. The topological polar surface area (TPSA) is 49.3 Å². The van der Waals surface area contributed by atoms with E-state index < -0.39 is 6.10 Å². The van der Waals surface area contributed by atoms with Crippen LogP contribution in [-0.4, -0.2) is 28.9 Å². The molecule has 0 bridgehead atoms. The van der Waals surface area contributed by atoms with Gasteiger partial charge in [0.25, 0.3) is 0 Å². The van der Waals surface area contributed by atoms with E-state index in [1.165, 1.54) is 11.8 Å². The summed E-state index contributed by atoms with van der Waals surface area (Å²) >= 11 is 7.46. The van der Waals surface area contributed by atoms with E-state index in [1.54, 1.807) is 6.92 Å². The molecule has 100 valence electrons. The summed E-state index contributed by atoms with van der Waals surface area (Å²) in [5.41, 5.74) is 0. The van der Waals surface area contributed by atoms with Crippen LogP contribution in [0.4, 0.5) is 0 Å². The van der Waals surface area contributed by atoms with E-state index in [1.807, 2.05) is 31.2 Å². The van der Waals surface area contributed by atoms with Crippen LogP contribution in [0, 0.1) is 0 Å². The lowest BCUT2D eigenvalue weighted by molar-refractivity contribution is -0.120. The van der Waals surface area contributed by atoms with E-state index in [0.717, 1.165) is 4.90 Å². The van der Waals surface area contributed by atoms with Crippen molar-refractivity contribution >= 4 is 29.3 Å². The third-order valence-electron chi connectivity index (χ3n) is 2.37. The van der Waals surface area contributed by atoms with Crippen LogP contribution < -0.4 is 5.32 Å². The van der Waals surface area contributed by atoms with Crippen LogP contribution in [0.25, 0.3) is 0 Å². The van der Waals surface area contributed by atoms with E-state index in [4.69, 9.17) is 16.7 Å². The number of amides is 1. The van der Waals surface area contributed by atoms with Crippen molar-refractivity contribution in [3.05, 3.63) is 29.3 Å². The first-order chi connectivity index (χ1) is 8.50. The molecule has 0 spiro atoms. The maximum absolute atomic E-state index is 11.8. The van der Waals surface area contributed by atoms with Crippen LogP contribution in [0.5, 0.6) is 0 Å². The minimum atomic E-state index is -0.392. The summed E-state index contributed by atoms with van der Waals surface area (Å²) in [6, 6.07) is 7.46. The van der Waals surface area contributed by atoms with E-state index in [-0.39, 0.29) is 11.2 Å². The molecule has 0 aliphatic heterocycles. The fraction of sp³-hybridized carbons (Fsp3) is 0.462. The molecule has 0 heterocycles. The highest BCUT2D eigenvalue weighted by Gasteiger charge is 2.15. The molecule has 1 aromatic rings. The van der Waals surface area contributed by atoms with E-state index in [0.29, 0.717) is 18.0 Å². The molecular formula is C13H18ClNO2S. The molecule has 1 aromatic carbocycles. The molecule has 1 amide bonds. The molecular weight excluding hydrogens is 270 g/mol. The van der Waals surface area contributed by atoms with Crippen molar-refractivity contribution in [1.82, 2.24) is 5.32 Å². The molecule has 0 saturated carbocycles. The maximum atomic E-state index is 11.8. The van der Waals surface area contributed by atoms with Crippen molar-refractivity contribution in [3.63, 3.8) is 0 Å². The quantitative estimate of drug-likeness (QED) is 0.791. The molecule has 2 unspecified atom stereocenters. The van der Waals surface area contributed by atoms with Crippen molar-refractivity contribution in [2.45, 2.75) is 36.5 Å². The minimum Gasteiger partial charge on any atom is -0.393 e. The van der Waals surface area contributed by atoms with Crippen LogP contribution in [0.3, 0.4) is 0 Å². The normalized spacial score (nSPS) is 14.0. The Morgan fingerprint density at radius 2 is 2.11 bits per heavy atom. The largest absolute Gasteiger partial charge is 0.393 e. The van der Waals surface area contributed by atoms with Crippen LogP contribution in [0.15, 0.2) is 29.2 Å². The average molecular weight is 288 g/mol. The first-order valence-electron chi connectivity index (χ1n) is 5.87. The number of rotatable bonds is 6. The molecule has 18 heavy (non-hydrogen) atoms. The Kier molecular flexibility index (Phi) is 6.54. The molecule has 2 atom stereocenters. The molecule has 0 radical (unpaired) electrons. The van der Waals surface area contributed by atoms with Gasteiger partial charge in [-0.3, -0.25) is 4.79 Å². The number of carbonyl (C=O) groups is 1. The predicted octanol–water partition coefficient (Wildman–Crippen LogP) is 2.71. The highest BCUT2D eigenvalue weighted by atomic mass is 35.5. The lowest BCUT2D eigenvalue weighted by Crippen LogP contribution is -2.32. The van der Waals surface area contributed by atoms with Gasteiger partial charge in [-0.2, -0.15) is 0 Å². The number of aliphatic hydroxyl groups excluding tert-OH is 1. The summed E-state index contributed by atoms with van der Waals surface area (Å²) in [6.45, 7) is 4.03. The Morgan fingerprint density at radius 3 is 2.72 bits per heavy atom. The SMILES string of the molecule is CC(O)CCNC(=O)C(C)Sc1ccccc1Cl. The highest BCUT2D eigenvalue weighted by Crippen LogP contribution is 2.29. The number of benzene rings is 1. The van der Waals surface area contributed by atoms with Crippen molar-refractivity contribution in [3.8, 4) is 0 Å². The zero-order valence-corrected chi connectivity index (χ0v) is 12.1. The Hall–Kier alpha value is -0.710. The molecule has 1 rings (SSSR count). The van der Waals surface area contributed by atoms with Gasteiger partial charge < -0.3 is 10.4 Å². The second kappa shape index (κ2) is 7.67. The first kappa shape index (κ1) is 15.3. The molecule has 3 nitrogen and oxygen atoms in total. The van der Waals surface area contributed by atoms with Gasteiger partial charge in [0.1, 0.15) is 0 Å². The van der Waals surface area contributed by atoms with E-state index in [2.05, 4.69) is 5.32 Å². The zero-order chi connectivity index (χ0) is 13.5. The van der Waals surface area contributed by atoms with Gasteiger partial charge in [0.15, 0.2) is 0 Å². The summed E-state index contributed by atoms with van der Waals surface area (Å²) in [5, 5.41) is 12.3. The van der Waals surface area contributed by atoms with Gasteiger partial charge in [-0.15, -0.1) is 11.8 Å². The number of hydrogen-bond acceptors (Lipinski definition) is 3. The molecule has 5 heteroatoms. The summed E-state index contributed by atoms with van der Waals surface area (Å²) in [6.07, 6.45) is 0.173. The maximum Gasteiger partial charge on any atom is 0.233 e. The van der Waals surface area contributed by atoms with Crippen molar-refractivity contribution < 1.29 is 9.90 Å². The first-order valence-corrected chi connectivity index (χ1v) is 7.13. The Bertz CT molecular complexity index is 398. The molecule has 0 fully saturated rings. The molecule has 0 saturated heterocycles. The number of aliphatic hydroxyl groups is 1. The summed E-state index contributed by atoms with van der Waals surface area (Å²) in [4.78, 5) is 12.7. The van der Waals surface area contributed by atoms with Gasteiger partial charge in [-0.05, 0) is 32.4 Å². The van der Waals surface area contributed by atoms with Crippen LogP contribution >= 0.6 is 23.4 Å². The van der Waals surface area contributed by atoms with Crippen LogP contribution in [-0.2, 0) is 4.79 Å². The second-order valence-electron chi connectivity index (χ2n) is 4.12. The van der Waals surface area contributed by atoms with Gasteiger partial charge >= 0.3 is 0 Å². The number of carbonyl (C=O) groups excluding carboxylic acids is 1. The van der Waals surface area contributed by atoms with Gasteiger partial charge in [0.2, 0.25) is 5.91 Å². The second-order valence-corrected chi connectivity index (χ2v) is 5.91. The summed E-state index contributed by atoms with van der Waals surface area (Å²) < 4.78 is 0.